The molecule has 3 aromatic heterocycles. The lowest BCUT2D eigenvalue weighted by Gasteiger charge is -2.23. The van der Waals surface area contributed by atoms with E-state index in [4.69, 9.17) is 11.6 Å². The number of rotatable bonds is 6. The Morgan fingerprint density at radius 1 is 1.10 bits per heavy atom. The molecule has 1 amide bonds. The van der Waals surface area contributed by atoms with Gasteiger partial charge in [0.2, 0.25) is 0 Å². The van der Waals surface area contributed by atoms with Crippen molar-refractivity contribution in [1.82, 2.24) is 24.5 Å². The molecule has 5 aromatic rings. The number of carbonyl (C=O) groups excluding carboxylic acids is 1. The fourth-order valence-electron chi connectivity index (χ4n) is 5.10. The van der Waals surface area contributed by atoms with Crippen LogP contribution in [0.2, 0.25) is 0 Å². The van der Waals surface area contributed by atoms with E-state index in [0.717, 1.165) is 11.1 Å². The highest BCUT2D eigenvalue weighted by Gasteiger charge is 2.29. The molecule has 2 aromatic carbocycles. The molecule has 11 nitrogen and oxygen atoms in total. The fourth-order valence-corrected chi connectivity index (χ4v) is 5.51. The van der Waals surface area contributed by atoms with Gasteiger partial charge >= 0.3 is 0 Å². The minimum atomic E-state index is -4.25. The van der Waals surface area contributed by atoms with Gasteiger partial charge in [0.15, 0.2) is 11.5 Å². The van der Waals surface area contributed by atoms with Gasteiger partial charge in [-0.3, -0.25) is 18.9 Å². The summed E-state index contributed by atoms with van der Waals surface area (Å²) in [5.74, 6) is 1.66. The molecule has 1 aliphatic rings. The van der Waals surface area contributed by atoms with Crippen molar-refractivity contribution in [3.8, 4) is 18.0 Å². The van der Waals surface area contributed by atoms with E-state index in [1.54, 1.807) is 35.8 Å². The normalized spacial score (nSPS) is 12.9. The molecule has 0 fully saturated rings. The monoisotopic (exact) mass is 551 g/mol. The van der Waals surface area contributed by atoms with Crippen molar-refractivity contribution in [1.29, 1.82) is 0 Å². The van der Waals surface area contributed by atoms with Gasteiger partial charge in [-0.2, -0.15) is 8.42 Å². The maximum atomic E-state index is 14.1. The highest BCUT2D eigenvalue weighted by molar-refractivity contribution is 7.90. The topological polar surface area (TPSA) is 153 Å². The van der Waals surface area contributed by atoms with Gasteiger partial charge in [0, 0.05) is 34.6 Å². The van der Waals surface area contributed by atoms with Crippen molar-refractivity contribution in [2.24, 2.45) is 5.14 Å². The number of nitrogens with two attached hydrogens (primary N) is 1. The first-order valence-electron chi connectivity index (χ1n) is 12.1. The number of carbonyl (C=O) groups is 1. The zero-order chi connectivity index (χ0) is 28.2. The number of nitrogens with one attached hydrogen (secondary N) is 2. The number of para-hydroxylation sites is 1. The van der Waals surface area contributed by atoms with Crippen molar-refractivity contribution in [3.63, 3.8) is 0 Å². The van der Waals surface area contributed by atoms with Crippen molar-refractivity contribution < 1.29 is 13.2 Å². The Bertz CT molecular complexity index is 2110. The summed E-state index contributed by atoms with van der Waals surface area (Å²) in [6.07, 6.45) is 12.5. The molecule has 0 radical (unpaired) electrons. The van der Waals surface area contributed by atoms with Crippen LogP contribution in [0.4, 0.5) is 5.82 Å². The first kappa shape index (κ1) is 25.1. The van der Waals surface area contributed by atoms with Gasteiger partial charge in [0.1, 0.15) is 5.56 Å². The van der Waals surface area contributed by atoms with Crippen LogP contribution in [0, 0.1) is 12.3 Å². The van der Waals surface area contributed by atoms with Crippen LogP contribution < -0.4 is 20.7 Å². The Morgan fingerprint density at radius 2 is 1.88 bits per heavy atom. The number of anilines is 1. The van der Waals surface area contributed by atoms with Crippen LogP contribution in [0.5, 0.6) is 0 Å². The van der Waals surface area contributed by atoms with E-state index in [1.165, 1.54) is 16.9 Å². The van der Waals surface area contributed by atoms with Crippen LogP contribution in [0.25, 0.3) is 34.3 Å². The molecule has 40 heavy (non-hydrogen) atoms. The lowest BCUT2D eigenvalue weighted by molar-refractivity contribution is 0.0941. The standard InChI is InChI=1S/C28H21N7O4S/c1-3-17-10-11-18-12-13-20-21(18)22(17)28(37)35(19-8-5-4-6-9-19)24(20)16(2)31-27(36)23-25(33-40(29,38)39)32-34-15-7-14-30-26(23)34/h1,4-16H,2H3,(H,31,36)(H,32,33)(H2,29,38,39)/t16-/m1/s1. The Morgan fingerprint density at radius 3 is 2.60 bits per heavy atom. The predicted octanol–water partition coefficient (Wildman–Crippen LogP) is 2.60. The summed E-state index contributed by atoms with van der Waals surface area (Å²) in [5, 5.41) is 13.3. The van der Waals surface area contributed by atoms with Gasteiger partial charge in [-0.1, -0.05) is 42.3 Å². The molecular formula is C28H21N7O4S. The molecule has 12 heteroatoms. The second-order valence-corrected chi connectivity index (χ2v) is 10.5. The predicted molar refractivity (Wildman–Crippen MR) is 152 cm³/mol. The van der Waals surface area contributed by atoms with Crippen molar-refractivity contribution in [2.75, 3.05) is 4.72 Å². The molecule has 0 spiro atoms. The number of pyridine rings is 1. The number of hydrogen-bond acceptors (Lipinski definition) is 6. The smallest absolute Gasteiger partial charge is 0.297 e. The zero-order valence-electron chi connectivity index (χ0n) is 21.0. The second kappa shape index (κ2) is 9.19. The van der Waals surface area contributed by atoms with Crippen molar-refractivity contribution in [2.45, 2.75) is 13.0 Å². The van der Waals surface area contributed by atoms with Crippen LogP contribution >= 0.6 is 0 Å². The maximum absolute atomic E-state index is 14.1. The van der Waals surface area contributed by atoms with Crippen molar-refractivity contribution in [3.05, 3.63) is 99.2 Å². The molecule has 0 bridgehead atoms. The molecule has 198 valence electrons. The van der Waals surface area contributed by atoms with Crippen LogP contribution in [-0.4, -0.2) is 33.5 Å². The molecule has 0 unspecified atom stereocenters. The summed E-state index contributed by atoms with van der Waals surface area (Å²) in [5.41, 5.74) is 2.82. The average molecular weight is 552 g/mol. The summed E-state index contributed by atoms with van der Waals surface area (Å²) < 4.78 is 28.5. The number of terminal acetylenes is 1. The quantitative estimate of drug-likeness (QED) is 0.271. The molecule has 3 heterocycles. The SMILES string of the molecule is C#Cc1ccc2c3c(c([C@@H](C)NC(=O)c4c(NS(N)(=O)=O)nn5cccnc45)n(-c4ccccc4)c(=O)c13)C=C2. The van der Waals surface area contributed by atoms with E-state index in [1.807, 2.05) is 36.4 Å². The van der Waals surface area contributed by atoms with Gasteiger partial charge in [-0.25, -0.2) is 14.6 Å². The second-order valence-electron chi connectivity index (χ2n) is 9.16. The van der Waals surface area contributed by atoms with E-state index in [-0.39, 0.29) is 22.6 Å². The minimum Gasteiger partial charge on any atom is -0.344 e. The summed E-state index contributed by atoms with van der Waals surface area (Å²) in [7, 11) is -4.25. The third-order valence-corrected chi connectivity index (χ3v) is 7.14. The van der Waals surface area contributed by atoms with Crippen LogP contribution in [0.3, 0.4) is 0 Å². The molecule has 4 N–H and O–H groups in total. The molecule has 0 aliphatic heterocycles. The first-order chi connectivity index (χ1) is 19.2. The number of hydrogen-bond donors (Lipinski definition) is 3. The third-order valence-electron chi connectivity index (χ3n) is 6.66. The molecule has 0 saturated carbocycles. The summed E-state index contributed by atoms with van der Waals surface area (Å²) >= 11 is 0. The van der Waals surface area contributed by atoms with E-state index in [9.17, 15) is 18.0 Å². The van der Waals surface area contributed by atoms with Gasteiger partial charge in [0.05, 0.1) is 17.1 Å². The number of aromatic nitrogens is 4. The van der Waals surface area contributed by atoms with E-state index < -0.39 is 22.2 Å². The summed E-state index contributed by atoms with van der Waals surface area (Å²) in [4.78, 5) is 32.0. The van der Waals surface area contributed by atoms with E-state index in [2.05, 4.69) is 26.0 Å². The van der Waals surface area contributed by atoms with E-state index in [0.29, 0.717) is 27.7 Å². The van der Waals surface area contributed by atoms with Gasteiger partial charge < -0.3 is 5.32 Å². The van der Waals surface area contributed by atoms with Gasteiger partial charge in [-0.15, -0.1) is 11.5 Å². The molecule has 6 rings (SSSR count). The third kappa shape index (κ3) is 4.01. The molecule has 1 aliphatic carbocycles. The number of amides is 1. The summed E-state index contributed by atoms with van der Waals surface area (Å²) in [6.45, 7) is 1.73. The Balaban J connectivity index is 1.55. The lowest BCUT2D eigenvalue weighted by atomic mass is 9.97. The first-order valence-corrected chi connectivity index (χ1v) is 13.6. The number of benzene rings is 2. The highest BCUT2D eigenvalue weighted by atomic mass is 32.2. The maximum Gasteiger partial charge on any atom is 0.297 e. The highest BCUT2D eigenvalue weighted by Crippen LogP contribution is 2.37. The Hall–Kier alpha value is -5.25. The Kier molecular flexibility index (Phi) is 5.76. The molecular weight excluding hydrogens is 530 g/mol. The Labute approximate surface area is 228 Å². The fraction of sp³-hybridized carbons (Fsp3) is 0.0714. The minimum absolute atomic E-state index is 0.114. The largest absolute Gasteiger partial charge is 0.344 e. The molecule has 1 atom stereocenters. The number of nitrogens with zero attached hydrogens (tertiary/aromatic N) is 4. The van der Waals surface area contributed by atoms with Crippen molar-refractivity contribution >= 4 is 50.5 Å². The van der Waals surface area contributed by atoms with Gasteiger partial charge in [0.25, 0.3) is 21.7 Å². The lowest BCUT2D eigenvalue weighted by Crippen LogP contribution is -2.34. The summed E-state index contributed by atoms with van der Waals surface area (Å²) in [6, 6.07) is 13.5. The average Bonchev–Trinajstić information content (AvgIpc) is 3.51. The molecule has 0 saturated heterocycles. The van der Waals surface area contributed by atoms with Gasteiger partial charge in [-0.05, 0) is 36.8 Å². The number of fused-ring (bicyclic) bond motifs is 1. The van der Waals surface area contributed by atoms with E-state index >= 15 is 0 Å². The van der Waals surface area contributed by atoms with Crippen LogP contribution in [0.15, 0.2) is 65.7 Å². The van der Waals surface area contributed by atoms with Crippen LogP contribution in [0.1, 0.15) is 45.7 Å². The van der Waals surface area contributed by atoms with Crippen LogP contribution in [-0.2, 0) is 10.2 Å². The zero-order valence-corrected chi connectivity index (χ0v) is 21.8.